The lowest BCUT2D eigenvalue weighted by Gasteiger charge is -2.10. The van der Waals surface area contributed by atoms with Crippen LogP contribution in [-0.2, 0) is 13.0 Å². The SMILES string of the molecule is COc1ccccc1CCNc1cc(C(=O)NCc2ccc(C)cc2)ncn1. The zero-order valence-corrected chi connectivity index (χ0v) is 16.1. The van der Waals surface area contributed by atoms with E-state index in [2.05, 4.69) is 20.6 Å². The van der Waals surface area contributed by atoms with Gasteiger partial charge in [0.15, 0.2) is 0 Å². The molecule has 0 unspecified atom stereocenters. The zero-order chi connectivity index (χ0) is 19.8. The molecule has 0 bridgehead atoms. The number of aromatic nitrogens is 2. The number of hydrogen-bond donors (Lipinski definition) is 2. The third kappa shape index (κ3) is 5.30. The van der Waals surface area contributed by atoms with E-state index in [1.807, 2.05) is 55.5 Å². The second-order valence-corrected chi connectivity index (χ2v) is 6.45. The molecule has 0 saturated carbocycles. The third-order valence-corrected chi connectivity index (χ3v) is 4.37. The second-order valence-electron chi connectivity index (χ2n) is 6.45. The molecule has 0 atom stereocenters. The van der Waals surface area contributed by atoms with Crippen LogP contribution < -0.4 is 15.4 Å². The number of benzene rings is 2. The van der Waals surface area contributed by atoms with Crippen molar-refractivity contribution in [3.8, 4) is 5.75 Å². The Morgan fingerprint density at radius 1 is 1.07 bits per heavy atom. The number of nitrogens with one attached hydrogen (secondary N) is 2. The molecule has 0 spiro atoms. The van der Waals surface area contributed by atoms with Crippen LogP contribution >= 0.6 is 0 Å². The van der Waals surface area contributed by atoms with Crippen LogP contribution in [0.4, 0.5) is 5.82 Å². The van der Waals surface area contributed by atoms with E-state index in [0.717, 1.165) is 23.3 Å². The number of carbonyl (C=O) groups is 1. The van der Waals surface area contributed by atoms with Crippen molar-refractivity contribution < 1.29 is 9.53 Å². The molecule has 6 nitrogen and oxygen atoms in total. The van der Waals surface area contributed by atoms with Crippen molar-refractivity contribution in [2.75, 3.05) is 19.0 Å². The summed E-state index contributed by atoms with van der Waals surface area (Å²) in [5.41, 5.74) is 3.68. The van der Waals surface area contributed by atoms with Crippen molar-refractivity contribution in [1.82, 2.24) is 15.3 Å². The van der Waals surface area contributed by atoms with Gasteiger partial charge in [0.05, 0.1) is 7.11 Å². The average molecular weight is 376 g/mol. The molecule has 3 rings (SSSR count). The van der Waals surface area contributed by atoms with Gasteiger partial charge in [-0.15, -0.1) is 0 Å². The van der Waals surface area contributed by atoms with Gasteiger partial charge in [-0.3, -0.25) is 4.79 Å². The normalized spacial score (nSPS) is 10.4. The second kappa shape index (κ2) is 9.50. The molecule has 0 aliphatic heterocycles. The fourth-order valence-electron chi connectivity index (χ4n) is 2.79. The van der Waals surface area contributed by atoms with Crippen molar-refractivity contribution in [2.24, 2.45) is 0 Å². The monoisotopic (exact) mass is 376 g/mol. The predicted molar refractivity (Wildman–Crippen MR) is 110 cm³/mol. The van der Waals surface area contributed by atoms with Crippen LogP contribution in [0.2, 0.25) is 0 Å². The van der Waals surface area contributed by atoms with E-state index in [-0.39, 0.29) is 5.91 Å². The molecule has 3 aromatic rings. The van der Waals surface area contributed by atoms with Crippen molar-refractivity contribution in [1.29, 1.82) is 0 Å². The Kier molecular flexibility index (Phi) is 6.57. The molecule has 28 heavy (non-hydrogen) atoms. The molecule has 0 aliphatic rings. The van der Waals surface area contributed by atoms with E-state index < -0.39 is 0 Å². The lowest BCUT2D eigenvalue weighted by molar-refractivity contribution is 0.0946. The van der Waals surface area contributed by atoms with E-state index >= 15 is 0 Å². The summed E-state index contributed by atoms with van der Waals surface area (Å²) in [7, 11) is 1.66. The predicted octanol–water partition coefficient (Wildman–Crippen LogP) is 3.38. The highest BCUT2D eigenvalue weighted by Gasteiger charge is 2.09. The van der Waals surface area contributed by atoms with Crippen LogP contribution in [0.15, 0.2) is 60.9 Å². The molecule has 2 N–H and O–H groups in total. The highest BCUT2D eigenvalue weighted by molar-refractivity contribution is 5.92. The van der Waals surface area contributed by atoms with Gasteiger partial charge < -0.3 is 15.4 Å². The molecular formula is C22H24N4O2. The fourth-order valence-corrected chi connectivity index (χ4v) is 2.79. The van der Waals surface area contributed by atoms with Crippen molar-refractivity contribution in [2.45, 2.75) is 19.9 Å². The number of aryl methyl sites for hydroxylation is 1. The standard InChI is InChI=1S/C22H24N4O2/c1-16-7-9-17(10-8-16)14-24-22(27)19-13-21(26-15-25-19)23-12-11-18-5-3-4-6-20(18)28-2/h3-10,13,15H,11-12,14H2,1-2H3,(H,24,27)(H,23,25,26). The van der Waals surface area contributed by atoms with Crippen LogP contribution in [0.25, 0.3) is 0 Å². The summed E-state index contributed by atoms with van der Waals surface area (Å²) < 4.78 is 5.36. The van der Waals surface area contributed by atoms with Gasteiger partial charge in [-0.05, 0) is 30.5 Å². The van der Waals surface area contributed by atoms with Crippen LogP contribution in [-0.4, -0.2) is 29.5 Å². The van der Waals surface area contributed by atoms with Crippen molar-refractivity contribution in [3.05, 3.63) is 83.3 Å². The van der Waals surface area contributed by atoms with E-state index in [1.165, 1.54) is 11.9 Å². The summed E-state index contributed by atoms with van der Waals surface area (Å²) in [6.07, 6.45) is 2.18. The Hall–Kier alpha value is -3.41. The van der Waals surface area contributed by atoms with Crippen LogP contribution in [0, 0.1) is 6.92 Å². The van der Waals surface area contributed by atoms with Crippen molar-refractivity contribution >= 4 is 11.7 Å². The molecule has 2 aromatic carbocycles. The summed E-state index contributed by atoms with van der Waals surface area (Å²) >= 11 is 0. The maximum absolute atomic E-state index is 12.4. The van der Waals surface area contributed by atoms with Gasteiger partial charge in [-0.2, -0.15) is 0 Å². The van der Waals surface area contributed by atoms with Gasteiger partial charge >= 0.3 is 0 Å². The lowest BCUT2D eigenvalue weighted by Crippen LogP contribution is -2.24. The minimum absolute atomic E-state index is 0.226. The topological polar surface area (TPSA) is 76.1 Å². The molecule has 1 amide bonds. The molecule has 1 heterocycles. The van der Waals surface area contributed by atoms with Gasteiger partial charge in [0.25, 0.3) is 5.91 Å². The smallest absolute Gasteiger partial charge is 0.270 e. The Morgan fingerprint density at radius 3 is 2.64 bits per heavy atom. The zero-order valence-electron chi connectivity index (χ0n) is 16.1. The number of amides is 1. The minimum Gasteiger partial charge on any atom is -0.496 e. The number of hydrogen-bond acceptors (Lipinski definition) is 5. The largest absolute Gasteiger partial charge is 0.496 e. The first-order chi connectivity index (χ1) is 13.7. The first kappa shape index (κ1) is 19.4. The number of carbonyl (C=O) groups excluding carboxylic acids is 1. The molecule has 0 saturated heterocycles. The number of ether oxygens (including phenoxy) is 1. The van der Waals surface area contributed by atoms with Gasteiger partial charge in [-0.25, -0.2) is 9.97 Å². The maximum atomic E-state index is 12.4. The first-order valence-electron chi connectivity index (χ1n) is 9.17. The Bertz CT molecular complexity index is 926. The number of anilines is 1. The molecule has 1 aromatic heterocycles. The third-order valence-electron chi connectivity index (χ3n) is 4.37. The lowest BCUT2D eigenvalue weighted by atomic mass is 10.1. The highest BCUT2D eigenvalue weighted by atomic mass is 16.5. The van der Waals surface area contributed by atoms with E-state index in [1.54, 1.807) is 13.2 Å². The van der Waals surface area contributed by atoms with Crippen LogP contribution in [0.5, 0.6) is 5.75 Å². The van der Waals surface area contributed by atoms with E-state index in [9.17, 15) is 4.79 Å². The van der Waals surface area contributed by atoms with Gasteiger partial charge in [-0.1, -0.05) is 48.0 Å². The van der Waals surface area contributed by atoms with Gasteiger partial charge in [0.1, 0.15) is 23.6 Å². The fraction of sp³-hybridized carbons (Fsp3) is 0.227. The number of rotatable bonds is 8. The van der Waals surface area contributed by atoms with E-state index in [0.29, 0.717) is 24.6 Å². The molecular weight excluding hydrogens is 352 g/mol. The Morgan fingerprint density at radius 2 is 1.86 bits per heavy atom. The Balaban J connectivity index is 1.54. The summed E-state index contributed by atoms with van der Waals surface area (Å²) in [6, 6.07) is 17.6. The first-order valence-corrected chi connectivity index (χ1v) is 9.17. The summed E-state index contributed by atoms with van der Waals surface area (Å²) in [5, 5.41) is 6.12. The number of para-hydroxylation sites is 1. The van der Waals surface area contributed by atoms with Gasteiger partial charge in [0.2, 0.25) is 0 Å². The van der Waals surface area contributed by atoms with Gasteiger partial charge in [0, 0.05) is 19.2 Å². The minimum atomic E-state index is -0.226. The molecule has 0 aliphatic carbocycles. The van der Waals surface area contributed by atoms with Crippen molar-refractivity contribution in [3.63, 3.8) is 0 Å². The van der Waals surface area contributed by atoms with Crippen LogP contribution in [0.3, 0.4) is 0 Å². The maximum Gasteiger partial charge on any atom is 0.270 e. The van der Waals surface area contributed by atoms with Crippen LogP contribution in [0.1, 0.15) is 27.2 Å². The summed E-state index contributed by atoms with van der Waals surface area (Å²) in [6.45, 7) is 3.16. The highest BCUT2D eigenvalue weighted by Crippen LogP contribution is 2.17. The summed E-state index contributed by atoms with van der Waals surface area (Å²) in [4.78, 5) is 20.6. The number of nitrogens with zero attached hydrogens (tertiary/aromatic N) is 2. The number of methoxy groups -OCH3 is 1. The Labute approximate surface area is 165 Å². The summed E-state index contributed by atoms with van der Waals surface area (Å²) in [5.74, 6) is 1.25. The molecule has 0 fully saturated rings. The quantitative estimate of drug-likeness (QED) is 0.630. The molecule has 144 valence electrons. The molecule has 6 heteroatoms. The average Bonchev–Trinajstić information content (AvgIpc) is 2.73. The van der Waals surface area contributed by atoms with E-state index in [4.69, 9.17) is 4.74 Å². The molecule has 0 radical (unpaired) electrons.